The molecule has 1 aromatic rings. The number of ether oxygens (including phenoxy) is 1. The van der Waals surface area contributed by atoms with Gasteiger partial charge in [-0.2, -0.15) is 0 Å². The second kappa shape index (κ2) is 8.26. The molecule has 0 heterocycles. The average Bonchev–Trinajstić information content (AvgIpc) is 2.20. The number of hydrogen-bond donors (Lipinski definition) is 0. The van der Waals surface area contributed by atoms with Gasteiger partial charge in [0.1, 0.15) is 0 Å². The van der Waals surface area contributed by atoms with Gasteiger partial charge in [-0.1, -0.05) is 30.3 Å². The SMILES string of the molecule is CCOC(=O)Cl.O=C(Cl)c1ccccc1. The quantitative estimate of drug-likeness (QED) is 0.754. The molecule has 0 N–H and O–H groups in total. The Balaban J connectivity index is 0.000000288. The van der Waals surface area contributed by atoms with Gasteiger partial charge in [0, 0.05) is 17.2 Å². The molecule has 0 aromatic heterocycles. The van der Waals surface area contributed by atoms with Crippen LogP contribution in [0.15, 0.2) is 30.3 Å². The topological polar surface area (TPSA) is 43.4 Å². The first kappa shape index (κ1) is 13.9. The van der Waals surface area contributed by atoms with Crippen LogP contribution in [-0.2, 0) is 4.74 Å². The molecule has 0 unspecified atom stereocenters. The van der Waals surface area contributed by atoms with E-state index in [2.05, 4.69) is 4.74 Å². The fourth-order valence-corrected chi connectivity index (χ4v) is 0.918. The summed E-state index contributed by atoms with van der Waals surface area (Å²) in [6, 6.07) is 8.74. The van der Waals surface area contributed by atoms with Crippen molar-refractivity contribution in [3.63, 3.8) is 0 Å². The lowest BCUT2D eigenvalue weighted by molar-refractivity contribution is 0.108. The molecule has 0 aliphatic heterocycles. The molecule has 0 bridgehead atoms. The number of benzene rings is 1. The van der Waals surface area contributed by atoms with Gasteiger partial charge in [-0.25, -0.2) is 4.79 Å². The Morgan fingerprint density at radius 3 is 1.93 bits per heavy atom. The Hall–Kier alpha value is -1.06. The maximum Gasteiger partial charge on any atom is 0.403 e. The van der Waals surface area contributed by atoms with Gasteiger partial charge in [-0.15, -0.1) is 0 Å². The van der Waals surface area contributed by atoms with Crippen LogP contribution < -0.4 is 0 Å². The molecule has 3 nitrogen and oxygen atoms in total. The molecule has 0 atom stereocenters. The molecule has 15 heavy (non-hydrogen) atoms. The van der Waals surface area contributed by atoms with Crippen molar-refractivity contribution in [1.29, 1.82) is 0 Å². The summed E-state index contributed by atoms with van der Waals surface area (Å²) in [5, 5.41) is -0.407. The molecule has 5 heteroatoms. The zero-order chi connectivity index (χ0) is 11.7. The van der Waals surface area contributed by atoms with Crippen LogP contribution in [0.1, 0.15) is 17.3 Å². The van der Waals surface area contributed by atoms with Crippen molar-refractivity contribution < 1.29 is 14.3 Å². The summed E-state index contributed by atoms with van der Waals surface area (Å²) >= 11 is 9.88. The summed E-state index contributed by atoms with van der Waals surface area (Å²) in [6.07, 6.45) is 0. The largest absolute Gasteiger partial charge is 0.454 e. The Labute approximate surface area is 97.9 Å². The van der Waals surface area contributed by atoms with Crippen LogP contribution in [0.4, 0.5) is 4.79 Å². The maximum absolute atomic E-state index is 10.4. The van der Waals surface area contributed by atoms with E-state index in [1.54, 1.807) is 31.2 Å². The summed E-state index contributed by atoms with van der Waals surface area (Å²) in [6.45, 7) is 2.04. The van der Waals surface area contributed by atoms with E-state index in [0.29, 0.717) is 12.2 Å². The minimum atomic E-state index is -0.738. The monoisotopic (exact) mass is 248 g/mol. The normalized spacial score (nSPS) is 8.47. The number of carbonyl (C=O) groups is 2. The van der Waals surface area contributed by atoms with E-state index in [4.69, 9.17) is 23.2 Å². The van der Waals surface area contributed by atoms with Gasteiger partial charge in [-0.05, 0) is 18.5 Å². The first-order valence-corrected chi connectivity index (χ1v) is 4.90. The van der Waals surface area contributed by atoms with Crippen LogP contribution in [0, 0.1) is 0 Å². The zero-order valence-corrected chi connectivity index (χ0v) is 9.59. The first-order valence-electron chi connectivity index (χ1n) is 4.15. The third-order valence-corrected chi connectivity index (χ3v) is 1.59. The van der Waals surface area contributed by atoms with Crippen LogP contribution in [0.5, 0.6) is 0 Å². The molecule has 0 amide bonds. The lowest BCUT2D eigenvalue weighted by Crippen LogP contribution is -1.89. The van der Waals surface area contributed by atoms with Crippen molar-refractivity contribution in [2.75, 3.05) is 6.61 Å². The number of hydrogen-bond acceptors (Lipinski definition) is 3. The van der Waals surface area contributed by atoms with Gasteiger partial charge in [0.15, 0.2) is 0 Å². The molecule has 0 radical (unpaired) electrons. The number of halogens is 2. The van der Waals surface area contributed by atoms with E-state index < -0.39 is 10.7 Å². The molecule has 0 aliphatic carbocycles. The van der Waals surface area contributed by atoms with Gasteiger partial charge in [0.25, 0.3) is 5.24 Å². The first-order chi connectivity index (χ1) is 7.07. The lowest BCUT2D eigenvalue weighted by atomic mass is 10.2. The molecule has 1 rings (SSSR count). The van der Waals surface area contributed by atoms with Gasteiger partial charge in [0.05, 0.1) is 6.61 Å². The maximum atomic E-state index is 10.4. The van der Waals surface area contributed by atoms with Gasteiger partial charge in [0.2, 0.25) is 0 Å². The van der Waals surface area contributed by atoms with Crippen molar-refractivity contribution >= 4 is 33.9 Å². The van der Waals surface area contributed by atoms with Crippen LogP contribution >= 0.6 is 23.2 Å². The summed E-state index contributed by atoms with van der Waals surface area (Å²) < 4.78 is 4.17. The molecule has 0 aliphatic rings. The van der Waals surface area contributed by atoms with Crippen molar-refractivity contribution in [2.24, 2.45) is 0 Å². The molecule has 0 saturated heterocycles. The minimum Gasteiger partial charge on any atom is -0.454 e. The standard InChI is InChI=1S/C7H5ClO.C3H5ClO2/c8-7(9)6-4-2-1-3-5-6;1-2-6-3(4)5/h1-5H;2H2,1H3. The van der Waals surface area contributed by atoms with Crippen LogP contribution in [0.2, 0.25) is 0 Å². The van der Waals surface area contributed by atoms with Gasteiger partial charge in [-0.3, -0.25) is 4.79 Å². The van der Waals surface area contributed by atoms with Gasteiger partial charge >= 0.3 is 5.43 Å². The fraction of sp³-hybridized carbons (Fsp3) is 0.200. The number of carbonyl (C=O) groups excluding carboxylic acids is 2. The smallest absolute Gasteiger partial charge is 0.403 e. The van der Waals surface area contributed by atoms with Crippen molar-refractivity contribution in [1.82, 2.24) is 0 Å². The van der Waals surface area contributed by atoms with E-state index in [9.17, 15) is 9.59 Å². The van der Waals surface area contributed by atoms with Crippen LogP contribution in [0.25, 0.3) is 0 Å². The predicted molar refractivity (Wildman–Crippen MR) is 59.5 cm³/mol. The highest BCUT2D eigenvalue weighted by Gasteiger charge is 1.95. The third-order valence-electron chi connectivity index (χ3n) is 1.26. The Bertz CT molecular complexity index is 312. The fourth-order valence-electron chi connectivity index (χ4n) is 0.683. The lowest BCUT2D eigenvalue weighted by Gasteiger charge is -1.87. The summed E-state index contributed by atoms with van der Waals surface area (Å²) in [4.78, 5) is 20.0. The van der Waals surface area contributed by atoms with E-state index in [1.807, 2.05) is 6.07 Å². The average molecular weight is 249 g/mol. The molecule has 0 spiro atoms. The second-order valence-electron chi connectivity index (χ2n) is 2.31. The second-order valence-corrected chi connectivity index (χ2v) is 2.96. The molecule has 0 saturated carbocycles. The van der Waals surface area contributed by atoms with Crippen molar-refractivity contribution in [2.45, 2.75) is 6.92 Å². The molecule has 0 fully saturated rings. The highest BCUT2D eigenvalue weighted by molar-refractivity contribution is 6.67. The van der Waals surface area contributed by atoms with E-state index >= 15 is 0 Å². The van der Waals surface area contributed by atoms with Crippen molar-refractivity contribution in [3.05, 3.63) is 35.9 Å². The Kier molecular flexibility index (Phi) is 7.68. The zero-order valence-electron chi connectivity index (χ0n) is 8.07. The molecule has 1 aromatic carbocycles. The highest BCUT2D eigenvalue weighted by atomic mass is 35.5. The number of rotatable bonds is 2. The highest BCUT2D eigenvalue weighted by Crippen LogP contribution is 2.01. The molecular formula is C10H10Cl2O3. The Morgan fingerprint density at radius 2 is 1.73 bits per heavy atom. The molecule has 82 valence electrons. The van der Waals surface area contributed by atoms with Crippen LogP contribution in [-0.4, -0.2) is 17.3 Å². The van der Waals surface area contributed by atoms with E-state index in [1.165, 1.54) is 0 Å². The molecular weight excluding hydrogens is 239 g/mol. The van der Waals surface area contributed by atoms with Gasteiger partial charge < -0.3 is 4.74 Å². The van der Waals surface area contributed by atoms with E-state index in [0.717, 1.165) is 0 Å². The third kappa shape index (κ3) is 7.97. The minimum absolute atomic E-state index is 0.350. The predicted octanol–water partition coefficient (Wildman–Crippen LogP) is 3.45. The summed E-state index contributed by atoms with van der Waals surface area (Å²) in [5.74, 6) is 0. The Morgan fingerprint density at radius 1 is 1.20 bits per heavy atom. The van der Waals surface area contributed by atoms with E-state index in [-0.39, 0.29) is 0 Å². The van der Waals surface area contributed by atoms with Crippen molar-refractivity contribution in [3.8, 4) is 0 Å². The summed E-state index contributed by atoms with van der Waals surface area (Å²) in [5.41, 5.74) is -0.198. The van der Waals surface area contributed by atoms with Crippen LogP contribution in [0.3, 0.4) is 0 Å². The summed E-state index contributed by atoms with van der Waals surface area (Å²) in [7, 11) is 0.